The van der Waals surface area contributed by atoms with Crippen LogP contribution in [-0.4, -0.2) is 28.2 Å². The standard InChI is InChI=1S/C12H22O3/c1-3-11(2)8-12(15-10(11)14)6-4-9(13)5-7-12/h9-10,13-14H,3-8H2,1-2H3. The van der Waals surface area contributed by atoms with E-state index in [1.807, 2.05) is 0 Å². The minimum atomic E-state index is -0.627. The molecule has 0 amide bonds. The van der Waals surface area contributed by atoms with E-state index < -0.39 is 6.29 Å². The van der Waals surface area contributed by atoms with E-state index in [4.69, 9.17) is 4.74 Å². The fourth-order valence-corrected chi connectivity index (χ4v) is 2.97. The van der Waals surface area contributed by atoms with Gasteiger partial charge in [-0.2, -0.15) is 0 Å². The van der Waals surface area contributed by atoms with Crippen LogP contribution in [0.3, 0.4) is 0 Å². The van der Waals surface area contributed by atoms with Gasteiger partial charge in [0.1, 0.15) is 0 Å². The minimum absolute atomic E-state index is 0.0949. The maximum Gasteiger partial charge on any atom is 0.160 e. The third-order valence-corrected chi connectivity index (χ3v) is 4.36. The first-order valence-corrected chi connectivity index (χ1v) is 6.04. The molecular formula is C12H22O3. The molecule has 1 saturated heterocycles. The van der Waals surface area contributed by atoms with Gasteiger partial charge in [-0.3, -0.25) is 0 Å². The average molecular weight is 214 g/mol. The van der Waals surface area contributed by atoms with Crippen molar-refractivity contribution in [3.8, 4) is 0 Å². The molecule has 1 heterocycles. The first kappa shape index (κ1) is 11.4. The second kappa shape index (κ2) is 3.72. The first-order valence-electron chi connectivity index (χ1n) is 6.04. The normalized spacial score (nSPS) is 51.2. The predicted molar refractivity (Wildman–Crippen MR) is 57.3 cm³/mol. The van der Waals surface area contributed by atoms with Gasteiger partial charge in [0.05, 0.1) is 11.7 Å². The number of hydrogen-bond acceptors (Lipinski definition) is 3. The molecule has 2 unspecified atom stereocenters. The van der Waals surface area contributed by atoms with Crippen LogP contribution < -0.4 is 0 Å². The summed E-state index contributed by atoms with van der Waals surface area (Å²) in [6.45, 7) is 4.20. The zero-order valence-electron chi connectivity index (χ0n) is 9.70. The Balaban J connectivity index is 2.07. The molecule has 1 saturated carbocycles. The predicted octanol–water partition coefficient (Wildman–Crippen LogP) is 1.82. The van der Waals surface area contributed by atoms with Crippen molar-refractivity contribution in [2.45, 2.75) is 70.4 Å². The molecule has 2 atom stereocenters. The van der Waals surface area contributed by atoms with Crippen LogP contribution in [0.2, 0.25) is 0 Å². The van der Waals surface area contributed by atoms with Gasteiger partial charge in [-0.1, -0.05) is 13.8 Å². The van der Waals surface area contributed by atoms with Gasteiger partial charge in [0, 0.05) is 5.41 Å². The molecule has 2 fully saturated rings. The molecule has 0 bridgehead atoms. The third kappa shape index (κ3) is 1.93. The van der Waals surface area contributed by atoms with Crippen molar-refractivity contribution in [1.82, 2.24) is 0 Å². The summed E-state index contributed by atoms with van der Waals surface area (Å²) in [4.78, 5) is 0. The van der Waals surface area contributed by atoms with Gasteiger partial charge in [0.25, 0.3) is 0 Å². The molecule has 1 aliphatic heterocycles. The van der Waals surface area contributed by atoms with Crippen molar-refractivity contribution < 1.29 is 14.9 Å². The number of aliphatic hydroxyl groups excluding tert-OH is 2. The zero-order chi connectivity index (χ0) is 11.1. The van der Waals surface area contributed by atoms with E-state index in [0.29, 0.717) is 0 Å². The van der Waals surface area contributed by atoms with Gasteiger partial charge in [-0.15, -0.1) is 0 Å². The monoisotopic (exact) mass is 214 g/mol. The molecule has 0 aromatic heterocycles. The fraction of sp³-hybridized carbons (Fsp3) is 1.00. The molecule has 0 radical (unpaired) electrons. The Hall–Kier alpha value is -0.120. The molecular weight excluding hydrogens is 192 g/mol. The second-order valence-electron chi connectivity index (χ2n) is 5.57. The van der Waals surface area contributed by atoms with E-state index in [0.717, 1.165) is 38.5 Å². The highest BCUT2D eigenvalue weighted by atomic mass is 16.6. The van der Waals surface area contributed by atoms with Gasteiger partial charge < -0.3 is 14.9 Å². The van der Waals surface area contributed by atoms with E-state index in [-0.39, 0.29) is 17.1 Å². The molecule has 1 aliphatic carbocycles. The number of ether oxygens (including phenoxy) is 1. The molecule has 3 heteroatoms. The Labute approximate surface area is 91.4 Å². The van der Waals surface area contributed by atoms with Gasteiger partial charge in [-0.25, -0.2) is 0 Å². The van der Waals surface area contributed by atoms with Crippen molar-refractivity contribution in [2.75, 3.05) is 0 Å². The molecule has 2 N–H and O–H groups in total. The fourth-order valence-electron chi connectivity index (χ4n) is 2.97. The van der Waals surface area contributed by atoms with Crippen molar-refractivity contribution >= 4 is 0 Å². The lowest BCUT2D eigenvalue weighted by atomic mass is 9.73. The summed E-state index contributed by atoms with van der Waals surface area (Å²) in [7, 11) is 0. The summed E-state index contributed by atoms with van der Waals surface area (Å²) >= 11 is 0. The van der Waals surface area contributed by atoms with Gasteiger partial charge in [0.15, 0.2) is 6.29 Å². The van der Waals surface area contributed by atoms with E-state index >= 15 is 0 Å². The molecule has 1 spiro atoms. The van der Waals surface area contributed by atoms with Crippen LogP contribution in [0, 0.1) is 5.41 Å². The summed E-state index contributed by atoms with van der Waals surface area (Å²) in [5.74, 6) is 0. The average Bonchev–Trinajstić information content (AvgIpc) is 2.46. The van der Waals surface area contributed by atoms with E-state index in [1.54, 1.807) is 0 Å². The maximum absolute atomic E-state index is 9.95. The lowest BCUT2D eigenvalue weighted by Crippen LogP contribution is -2.36. The Kier molecular flexibility index (Phi) is 2.82. The summed E-state index contributed by atoms with van der Waals surface area (Å²) in [5.41, 5.74) is -0.244. The van der Waals surface area contributed by atoms with Gasteiger partial charge >= 0.3 is 0 Å². The molecule has 2 aliphatic rings. The smallest absolute Gasteiger partial charge is 0.160 e. The van der Waals surface area contributed by atoms with Gasteiger partial charge in [-0.05, 0) is 38.5 Å². The summed E-state index contributed by atoms with van der Waals surface area (Å²) in [6, 6.07) is 0. The van der Waals surface area contributed by atoms with Crippen LogP contribution in [0.4, 0.5) is 0 Å². The van der Waals surface area contributed by atoms with Crippen molar-refractivity contribution in [3.05, 3.63) is 0 Å². The van der Waals surface area contributed by atoms with Crippen LogP contribution in [0.1, 0.15) is 52.4 Å². The lowest BCUT2D eigenvalue weighted by Gasteiger charge is -2.35. The molecule has 15 heavy (non-hydrogen) atoms. The van der Waals surface area contributed by atoms with Crippen molar-refractivity contribution in [3.63, 3.8) is 0 Å². The zero-order valence-corrected chi connectivity index (χ0v) is 9.70. The molecule has 0 aromatic carbocycles. The summed E-state index contributed by atoms with van der Waals surface area (Å²) in [5, 5.41) is 19.4. The Morgan fingerprint density at radius 2 is 1.87 bits per heavy atom. The maximum atomic E-state index is 9.95. The number of hydrogen-bond donors (Lipinski definition) is 2. The molecule has 3 nitrogen and oxygen atoms in total. The molecule has 0 aromatic rings. The van der Waals surface area contributed by atoms with Crippen molar-refractivity contribution in [2.24, 2.45) is 5.41 Å². The number of rotatable bonds is 1. The van der Waals surface area contributed by atoms with E-state index in [1.165, 1.54) is 0 Å². The Bertz CT molecular complexity index is 233. The Morgan fingerprint density at radius 1 is 1.27 bits per heavy atom. The first-order chi connectivity index (χ1) is 7.00. The highest BCUT2D eigenvalue weighted by molar-refractivity contribution is 4.99. The van der Waals surface area contributed by atoms with E-state index in [9.17, 15) is 10.2 Å². The lowest BCUT2D eigenvalue weighted by molar-refractivity contribution is -0.176. The highest BCUT2D eigenvalue weighted by Crippen LogP contribution is 2.51. The largest absolute Gasteiger partial charge is 0.393 e. The van der Waals surface area contributed by atoms with Crippen LogP contribution in [0.15, 0.2) is 0 Å². The highest BCUT2D eigenvalue weighted by Gasteiger charge is 2.52. The summed E-state index contributed by atoms with van der Waals surface area (Å²) < 4.78 is 5.79. The van der Waals surface area contributed by atoms with E-state index in [2.05, 4.69) is 13.8 Å². The SMILES string of the molecule is CCC1(C)CC2(CCC(O)CC2)OC1O. The third-order valence-electron chi connectivity index (χ3n) is 4.36. The quantitative estimate of drug-likeness (QED) is 0.700. The van der Waals surface area contributed by atoms with Crippen molar-refractivity contribution in [1.29, 1.82) is 0 Å². The molecule has 2 rings (SSSR count). The Morgan fingerprint density at radius 3 is 2.33 bits per heavy atom. The summed E-state index contributed by atoms with van der Waals surface area (Å²) in [6.07, 6.45) is 4.49. The topological polar surface area (TPSA) is 49.7 Å². The van der Waals surface area contributed by atoms with Crippen LogP contribution in [0.25, 0.3) is 0 Å². The van der Waals surface area contributed by atoms with Gasteiger partial charge in [0.2, 0.25) is 0 Å². The van der Waals surface area contributed by atoms with Crippen LogP contribution in [-0.2, 0) is 4.74 Å². The van der Waals surface area contributed by atoms with Crippen LogP contribution >= 0.6 is 0 Å². The second-order valence-corrected chi connectivity index (χ2v) is 5.57. The number of aliphatic hydroxyl groups is 2. The molecule has 88 valence electrons. The minimum Gasteiger partial charge on any atom is -0.393 e. The van der Waals surface area contributed by atoms with Crippen LogP contribution in [0.5, 0.6) is 0 Å².